The molecule has 2 aromatic carbocycles. The molecule has 2 aromatic rings. The molecular formula is C18H20. The molecule has 0 N–H and O–H groups in total. The van der Waals surface area contributed by atoms with Crippen molar-refractivity contribution >= 4 is 0 Å². The summed E-state index contributed by atoms with van der Waals surface area (Å²) < 4.78 is 0. The maximum absolute atomic E-state index is 2.30. The van der Waals surface area contributed by atoms with Gasteiger partial charge in [0.15, 0.2) is 0 Å². The van der Waals surface area contributed by atoms with Gasteiger partial charge < -0.3 is 0 Å². The van der Waals surface area contributed by atoms with Gasteiger partial charge in [0.1, 0.15) is 0 Å². The van der Waals surface area contributed by atoms with Crippen molar-refractivity contribution in [3.05, 3.63) is 83.9 Å². The molecule has 0 radical (unpaired) electrons. The molecule has 2 rings (SSSR count). The normalized spacial score (nSPS) is 14.6. The molecule has 0 heterocycles. The van der Waals surface area contributed by atoms with Gasteiger partial charge in [0, 0.05) is 0 Å². The van der Waals surface area contributed by atoms with Gasteiger partial charge in [-0.25, -0.2) is 0 Å². The lowest BCUT2D eigenvalue weighted by atomic mass is 9.96. The van der Waals surface area contributed by atoms with Gasteiger partial charge in [0.05, 0.1) is 0 Å². The summed E-state index contributed by atoms with van der Waals surface area (Å²) in [5, 5.41) is 0. The Labute approximate surface area is 110 Å². The third-order valence-corrected chi connectivity index (χ3v) is 3.34. The summed E-state index contributed by atoms with van der Waals surface area (Å²) in [5.41, 5.74) is 2.74. The monoisotopic (exact) mass is 236 g/mol. The van der Waals surface area contributed by atoms with Gasteiger partial charge in [-0.1, -0.05) is 86.7 Å². The Morgan fingerprint density at radius 1 is 0.611 bits per heavy atom. The summed E-state index contributed by atoms with van der Waals surface area (Å²) in [5.74, 6) is 0.940. The number of rotatable bonds is 4. The van der Waals surface area contributed by atoms with E-state index in [1.54, 1.807) is 0 Å². The molecule has 0 nitrogen and oxygen atoms in total. The van der Waals surface area contributed by atoms with E-state index in [1.807, 2.05) is 0 Å². The molecule has 0 amide bonds. The zero-order valence-corrected chi connectivity index (χ0v) is 11.1. The Bertz CT molecular complexity index is 434. The van der Waals surface area contributed by atoms with Crippen LogP contribution in [0.25, 0.3) is 0 Å². The van der Waals surface area contributed by atoms with Gasteiger partial charge in [0.25, 0.3) is 0 Å². The molecule has 0 saturated heterocycles. The number of benzene rings is 2. The van der Waals surface area contributed by atoms with E-state index < -0.39 is 0 Å². The minimum absolute atomic E-state index is 0.470. The van der Waals surface area contributed by atoms with Gasteiger partial charge in [-0.3, -0.25) is 0 Å². The van der Waals surface area contributed by atoms with E-state index in [1.165, 1.54) is 11.1 Å². The van der Waals surface area contributed by atoms with E-state index in [0.717, 1.165) is 0 Å². The van der Waals surface area contributed by atoms with Crippen molar-refractivity contribution in [2.75, 3.05) is 0 Å². The Balaban J connectivity index is 2.03. The second-order valence-electron chi connectivity index (χ2n) is 4.78. The molecule has 92 valence electrons. The van der Waals surface area contributed by atoms with E-state index in [0.29, 0.717) is 11.8 Å². The fourth-order valence-corrected chi connectivity index (χ4v) is 2.07. The van der Waals surface area contributed by atoms with Crippen LogP contribution in [0, 0.1) is 0 Å². The van der Waals surface area contributed by atoms with Crippen molar-refractivity contribution in [3.8, 4) is 0 Å². The fourth-order valence-electron chi connectivity index (χ4n) is 2.07. The predicted molar refractivity (Wildman–Crippen MR) is 78.9 cm³/mol. The average Bonchev–Trinajstić information content (AvgIpc) is 2.46. The first-order valence-electron chi connectivity index (χ1n) is 6.55. The first-order valence-corrected chi connectivity index (χ1v) is 6.55. The van der Waals surface area contributed by atoms with Crippen molar-refractivity contribution in [1.29, 1.82) is 0 Å². The van der Waals surface area contributed by atoms with E-state index in [4.69, 9.17) is 0 Å². The van der Waals surface area contributed by atoms with Crippen LogP contribution in [0.2, 0.25) is 0 Å². The lowest BCUT2D eigenvalue weighted by molar-refractivity contribution is 0.914. The molecule has 2 unspecified atom stereocenters. The summed E-state index contributed by atoms with van der Waals surface area (Å²) in [7, 11) is 0. The summed E-state index contributed by atoms with van der Waals surface area (Å²) in [6.45, 7) is 4.48. The first kappa shape index (κ1) is 12.6. The van der Waals surface area contributed by atoms with Crippen LogP contribution in [-0.4, -0.2) is 0 Å². The topological polar surface area (TPSA) is 0 Å². The van der Waals surface area contributed by atoms with Gasteiger partial charge in [0.2, 0.25) is 0 Å². The SMILES string of the molecule is CC(/C=C\C(C)c1ccccc1)c1ccccc1. The van der Waals surface area contributed by atoms with Crippen LogP contribution in [0.15, 0.2) is 72.8 Å². The molecule has 0 aromatic heterocycles. The highest BCUT2D eigenvalue weighted by atomic mass is 14.1. The highest BCUT2D eigenvalue weighted by Crippen LogP contribution is 2.20. The van der Waals surface area contributed by atoms with Gasteiger partial charge in [-0.05, 0) is 23.0 Å². The second-order valence-corrected chi connectivity index (χ2v) is 4.78. The van der Waals surface area contributed by atoms with Crippen LogP contribution in [0.5, 0.6) is 0 Å². The molecule has 18 heavy (non-hydrogen) atoms. The Morgan fingerprint density at radius 2 is 0.944 bits per heavy atom. The Morgan fingerprint density at radius 3 is 1.28 bits per heavy atom. The summed E-state index contributed by atoms with van der Waals surface area (Å²) in [4.78, 5) is 0. The Kier molecular flexibility index (Phi) is 4.35. The second kappa shape index (κ2) is 6.20. The minimum Gasteiger partial charge on any atom is -0.0807 e. The van der Waals surface area contributed by atoms with Crippen LogP contribution in [-0.2, 0) is 0 Å². The van der Waals surface area contributed by atoms with Crippen molar-refractivity contribution < 1.29 is 0 Å². The molecule has 0 aliphatic carbocycles. The molecule has 0 heteroatoms. The third kappa shape index (κ3) is 3.33. The van der Waals surface area contributed by atoms with Gasteiger partial charge >= 0.3 is 0 Å². The largest absolute Gasteiger partial charge is 0.0807 e. The molecule has 0 aliphatic heterocycles. The van der Waals surface area contributed by atoms with Crippen LogP contribution in [0.1, 0.15) is 36.8 Å². The van der Waals surface area contributed by atoms with Crippen LogP contribution in [0.3, 0.4) is 0 Å². The molecule has 0 spiro atoms. The number of allylic oxidation sites excluding steroid dienone is 2. The Hall–Kier alpha value is -1.82. The maximum atomic E-state index is 2.30. The zero-order chi connectivity index (χ0) is 12.8. The molecule has 2 atom stereocenters. The van der Waals surface area contributed by atoms with Crippen LogP contribution < -0.4 is 0 Å². The van der Waals surface area contributed by atoms with E-state index in [2.05, 4.69) is 86.7 Å². The van der Waals surface area contributed by atoms with Gasteiger partial charge in [-0.2, -0.15) is 0 Å². The van der Waals surface area contributed by atoms with Crippen molar-refractivity contribution in [2.24, 2.45) is 0 Å². The summed E-state index contributed by atoms with van der Waals surface area (Å²) in [6.07, 6.45) is 4.60. The van der Waals surface area contributed by atoms with Crippen molar-refractivity contribution in [1.82, 2.24) is 0 Å². The zero-order valence-electron chi connectivity index (χ0n) is 11.1. The maximum Gasteiger partial charge on any atom is -0.00102 e. The average molecular weight is 236 g/mol. The predicted octanol–water partition coefficient (Wildman–Crippen LogP) is 5.15. The number of hydrogen-bond acceptors (Lipinski definition) is 0. The molecular weight excluding hydrogens is 216 g/mol. The quantitative estimate of drug-likeness (QED) is 0.644. The lowest BCUT2D eigenvalue weighted by Crippen LogP contribution is -1.92. The molecule has 0 aliphatic rings. The summed E-state index contributed by atoms with van der Waals surface area (Å²) in [6, 6.07) is 21.2. The van der Waals surface area contributed by atoms with Crippen LogP contribution >= 0.6 is 0 Å². The fraction of sp³-hybridized carbons (Fsp3) is 0.222. The van der Waals surface area contributed by atoms with E-state index in [9.17, 15) is 0 Å². The van der Waals surface area contributed by atoms with Crippen molar-refractivity contribution in [3.63, 3.8) is 0 Å². The van der Waals surface area contributed by atoms with E-state index >= 15 is 0 Å². The third-order valence-electron chi connectivity index (χ3n) is 3.34. The number of hydrogen-bond donors (Lipinski definition) is 0. The molecule has 0 fully saturated rings. The highest BCUT2D eigenvalue weighted by molar-refractivity contribution is 5.26. The standard InChI is InChI=1S/C18H20/c1-15(17-9-5-3-6-10-17)13-14-16(2)18-11-7-4-8-12-18/h3-16H,1-2H3/b14-13-. The summed E-state index contributed by atoms with van der Waals surface area (Å²) >= 11 is 0. The lowest BCUT2D eigenvalue weighted by Gasteiger charge is -2.09. The molecule has 0 saturated carbocycles. The van der Waals surface area contributed by atoms with Crippen LogP contribution in [0.4, 0.5) is 0 Å². The minimum atomic E-state index is 0.470. The molecule has 0 bridgehead atoms. The highest BCUT2D eigenvalue weighted by Gasteiger charge is 2.03. The van der Waals surface area contributed by atoms with Gasteiger partial charge in [-0.15, -0.1) is 0 Å². The van der Waals surface area contributed by atoms with E-state index in [-0.39, 0.29) is 0 Å². The first-order chi connectivity index (χ1) is 8.77. The van der Waals surface area contributed by atoms with Crippen molar-refractivity contribution in [2.45, 2.75) is 25.7 Å². The smallest absolute Gasteiger partial charge is 0.00102 e.